The Labute approximate surface area is 95.5 Å². The summed E-state index contributed by atoms with van der Waals surface area (Å²) in [6, 6.07) is 6.11. The predicted octanol–water partition coefficient (Wildman–Crippen LogP) is 3.55. The molecule has 0 aliphatic heterocycles. The highest BCUT2D eigenvalue weighted by molar-refractivity contribution is 5.49. The van der Waals surface area contributed by atoms with Crippen LogP contribution in [-0.2, 0) is 0 Å². The maximum Gasteiger partial charge on any atom is 0.125 e. The number of anilines is 1. The second-order valence-corrected chi connectivity index (χ2v) is 3.81. The van der Waals surface area contributed by atoms with E-state index < -0.39 is 0 Å². The molecule has 1 N–H and O–H groups in total. The lowest BCUT2D eigenvalue weighted by molar-refractivity contribution is 0.474. The fraction of sp³-hybridized carbons (Fsp3) is 0.308. The van der Waals surface area contributed by atoms with Gasteiger partial charge in [-0.2, -0.15) is 0 Å². The van der Waals surface area contributed by atoms with Crippen LogP contribution in [0.5, 0.6) is 0 Å². The summed E-state index contributed by atoms with van der Waals surface area (Å²) in [4.78, 5) is 4.12. The van der Waals surface area contributed by atoms with E-state index >= 15 is 0 Å². The van der Waals surface area contributed by atoms with Gasteiger partial charge in [0.25, 0.3) is 0 Å². The average Bonchev–Trinajstić information content (AvgIpc) is 2.81. The van der Waals surface area contributed by atoms with Gasteiger partial charge in [0.1, 0.15) is 5.76 Å². The van der Waals surface area contributed by atoms with Crippen LogP contribution in [0.1, 0.15) is 30.7 Å². The Morgan fingerprint density at radius 1 is 1.44 bits per heavy atom. The zero-order valence-electron chi connectivity index (χ0n) is 9.60. The lowest BCUT2D eigenvalue weighted by Crippen LogP contribution is -2.09. The topological polar surface area (TPSA) is 38.1 Å². The molecule has 0 bridgehead atoms. The van der Waals surface area contributed by atoms with Crippen molar-refractivity contribution in [2.24, 2.45) is 0 Å². The van der Waals surface area contributed by atoms with E-state index in [-0.39, 0.29) is 6.04 Å². The molecule has 3 nitrogen and oxygen atoms in total. The lowest BCUT2D eigenvalue weighted by Gasteiger charge is -2.17. The van der Waals surface area contributed by atoms with Crippen molar-refractivity contribution < 1.29 is 4.42 Å². The second kappa shape index (κ2) is 4.84. The Balaban J connectivity index is 2.17. The molecular weight excluding hydrogens is 200 g/mol. The fourth-order valence-electron chi connectivity index (χ4n) is 1.67. The maximum atomic E-state index is 5.42. The maximum absolute atomic E-state index is 5.42. The van der Waals surface area contributed by atoms with Gasteiger partial charge in [-0.05, 0) is 37.1 Å². The highest BCUT2D eigenvalue weighted by atomic mass is 16.3. The number of aromatic nitrogens is 1. The smallest absolute Gasteiger partial charge is 0.125 e. The van der Waals surface area contributed by atoms with Crippen molar-refractivity contribution in [1.82, 2.24) is 4.98 Å². The van der Waals surface area contributed by atoms with Crippen molar-refractivity contribution >= 4 is 5.69 Å². The van der Waals surface area contributed by atoms with Gasteiger partial charge in [0, 0.05) is 6.20 Å². The van der Waals surface area contributed by atoms with Crippen molar-refractivity contribution in [2.75, 3.05) is 5.32 Å². The largest absolute Gasteiger partial charge is 0.467 e. The van der Waals surface area contributed by atoms with E-state index in [0.717, 1.165) is 17.9 Å². The first-order chi connectivity index (χ1) is 7.81. The van der Waals surface area contributed by atoms with E-state index in [0.29, 0.717) is 0 Å². The third-order valence-corrected chi connectivity index (χ3v) is 2.66. The van der Waals surface area contributed by atoms with E-state index in [9.17, 15) is 0 Å². The van der Waals surface area contributed by atoms with Crippen molar-refractivity contribution in [2.45, 2.75) is 26.3 Å². The molecule has 0 radical (unpaired) electrons. The number of aryl methyl sites for hydroxylation is 1. The van der Waals surface area contributed by atoms with E-state index in [2.05, 4.69) is 24.1 Å². The number of hydrogen-bond donors (Lipinski definition) is 1. The monoisotopic (exact) mass is 216 g/mol. The molecule has 0 aliphatic rings. The van der Waals surface area contributed by atoms with Crippen molar-refractivity contribution in [3.05, 3.63) is 48.2 Å². The van der Waals surface area contributed by atoms with Gasteiger partial charge in [0.15, 0.2) is 0 Å². The summed E-state index contributed by atoms with van der Waals surface area (Å²) in [5, 5.41) is 3.44. The number of hydrogen-bond acceptors (Lipinski definition) is 3. The molecule has 2 aromatic heterocycles. The molecule has 16 heavy (non-hydrogen) atoms. The first-order valence-electron chi connectivity index (χ1n) is 5.51. The summed E-state index contributed by atoms with van der Waals surface area (Å²) in [6.45, 7) is 4.20. The molecule has 2 rings (SSSR count). The zero-order valence-corrected chi connectivity index (χ0v) is 9.60. The van der Waals surface area contributed by atoms with Gasteiger partial charge in [-0.25, -0.2) is 0 Å². The molecule has 0 aliphatic carbocycles. The van der Waals surface area contributed by atoms with Crippen molar-refractivity contribution in [3.63, 3.8) is 0 Å². The van der Waals surface area contributed by atoms with Gasteiger partial charge in [0.2, 0.25) is 0 Å². The predicted molar refractivity (Wildman–Crippen MR) is 64.3 cm³/mol. The van der Waals surface area contributed by atoms with Crippen LogP contribution >= 0.6 is 0 Å². The van der Waals surface area contributed by atoms with E-state index in [1.54, 1.807) is 12.5 Å². The molecule has 0 saturated carbocycles. The third kappa shape index (κ3) is 2.24. The highest BCUT2D eigenvalue weighted by Crippen LogP contribution is 2.24. The van der Waals surface area contributed by atoms with Crippen LogP contribution in [0, 0.1) is 6.92 Å². The molecule has 0 fully saturated rings. The molecule has 2 aromatic rings. The standard InChI is InChI=1S/C13H16N2O/c1-3-11(13-5-4-8-16-13)15-12-9-14-7-6-10(12)2/h4-9,11,15H,3H2,1-2H3. The van der Waals surface area contributed by atoms with Gasteiger partial charge < -0.3 is 9.73 Å². The summed E-state index contributed by atoms with van der Waals surface area (Å²) in [6.07, 6.45) is 6.33. The molecule has 84 valence electrons. The minimum atomic E-state index is 0.206. The molecule has 1 atom stereocenters. The number of nitrogens with zero attached hydrogens (tertiary/aromatic N) is 1. The van der Waals surface area contributed by atoms with Gasteiger partial charge in [0.05, 0.1) is 24.2 Å². The van der Waals surface area contributed by atoms with Crippen LogP contribution in [0.4, 0.5) is 5.69 Å². The minimum Gasteiger partial charge on any atom is -0.467 e. The van der Waals surface area contributed by atoms with Crippen LogP contribution < -0.4 is 5.32 Å². The van der Waals surface area contributed by atoms with Crippen LogP contribution in [0.2, 0.25) is 0 Å². The Morgan fingerprint density at radius 3 is 2.94 bits per heavy atom. The molecule has 1 unspecified atom stereocenters. The van der Waals surface area contributed by atoms with Crippen molar-refractivity contribution in [1.29, 1.82) is 0 Å². The van der Waals surface area contributed by atoms with Gasteiger partial charge in [-0.15, -0.1) is 0 Å². The molecular formula is C13H16N2O. The summed E-state index contributed by atoms with van der Waals surface area (Å²) >= 11 is 0. The zero-order chi connectivity index (χ0) is 11.4. The molecule has 0 saturated heterocycles. The Hall–Kier alpha value is -1.77. The number of rotatable bonds is 4. The van der Waals surface area contributed by atoms with Crippen LogP contribution in [0.25, 0.3) is 0 Å². The van der Waals surface area contributed by atoms with Crippen LogP contribution in [0.15, 0.2) is 41.3 Å². The molecule has 0 spiro atoms. The summed E-state index contributed by atoms with van der Waals surface area (Å²) < 4.78 is 5.42. The Kier molecular flexibility index (Phi) is 3.25. The second-order valence-electron chi connectivity index (χ2n) is 3.81. The van der Waals surface area contributed by atoms with E-state index in [4.69, 9.17) is 4.42 Å². The van der Waals surface area contributed by atoms with Crippen LogP contribution in [-0.4, -0.2) is 4.98 Å². The molecule has 2 heterocycles. The number of nitrogens with one attached hydrogen (secondary N) is 1. The van der Waals surface area contributed by atoms with Gasteiger partial charge in [-0.3, -0.25) is 4.98 Å². The SMILES string of the molecule is CCC(Nc1cnccc1C)c1ccco1. The normalized spacial score (nSPS) is 12.4. The quantitative estimate of drug-likeness (QED) is 0.849. The molecule has 0 amide bonds. The molecule has 3 heteroatoms. The minimum absolute atomic E-state index is 0.206. The third-order valence-electron chi connectivity index (χ3n) is 2.66. The first kappa shape index (κ1) is 10.7. The van der Waals surface area contributed by atoms with Crippen LogP contribution in [0.3, 0.4) is 0 Å². The number of furan rings is 1. The fourth-order valence-corrected chi connectivity index (χ4v) is 1.67. The summed E-state index contributed by atoms with van der Waals surface area (Å²) in [5.41, 5.74) is 2.26. The highest BCUT2D eigenvalue weighted by Gasteiger charge is 2.12. The number of pyridine rings is 1. The van der Waals surface area contributed by atoms with E-state index in [1.807, 2.05) is 24.4 Å². The first-order valence-corrected chi connectivity index (χ1v) is 5.51. The summed E-state index contributed by atoms with van der Waals surface area (Å²) in [5.74, 6) is 0.964. The van der Waals surface area contributed by atoms with E-state index in [1.165, 1.54) is 5.56 Å². The lowest BCUT2D eigenvalue weighted by atomic mass is 10.1. The Morgan fingerprint density at radius 2 is 2.31 bits per heavy atom. The van der Waals surface area contributed by atoms with Gasteiger partial charge in [-0.1, -0.05) is 6.92 Å². The summed E-state index contributed by atoms with van der Waals surface area (Å²) in [7, 11) is 0. The van der Waals surface area contributed by atoms with Crippen molar-refractivity contribution in [3.8, 4) is 0 Å². The molecule has 0 aromatic carbocycles. The average molecular weight is 216 g/mol. The Bertz CT molecular complexity index is 437. The van der Waals surface area contributed by atoms with Gasteiger partial charge >= 0.3 is 0 Å².